The van der Waals surface area contributed by atoms with Crippen LogP contribution in [-0.2, 0) is 11.8 Å². The summed E-state index contributed by atoms with van der Waals surface area (Å²) in [5, 5.41) is 1.26. The molecule has 0 bridgehead atoms. The molecule has 0 spiro atoms. The van der Waals surface area contributed by atoms with E-state index in [9.17, 15) is 0 Å². The maximum atomic E-state index is 5.99. The predicted octanol–water partition coefficient (Wildman–Crippen LogP) is 2.74. The molecule has 1 aliphatic rings. The molecule has 0 atom stereocenters. The molecule has 1 fully saturated rings. The molecule has 1 aromatic carbocycles. The lowest BCUT2D eigenvalue weighted by molar-refractivity contribution is 0.0256. The van der Waals surface area contributed by atoms with Crippen LogP contribution < -0.4 is 4.74 Å². The maximum absolute atomic E-state index is 5.99. The molecule has 2 heterocycles. The molecule has 3 heteroatoms. The Morgan fingerprint density at radius 1 is 1.24 bits per heavy atom. The Kier molecular flexibility index (Phi) is 2.77. The van der Waals surface area contributed by atoms with Crippen LogP contribution >= 0.6 is 0 Å². The van der Waals surface area contributed by atoms with Gasteiger partial charge in [0.25, 0.3) is 0 Å². The second-order valence-corrected chi connectivity index (χ2v) is 4.58. The predicted molar refractivity (Wildman–Crippen MR) is 67.4 cm³/mol. The van der Waals surface area contributed by atoms with Crippen LogP contribution in [0.3, 0.4) is 0 Å². The summed E-state index contributed by atoms with van der Waals surface area (Å²) in [6.45, 7) is 1.63. The van der Waals surface area contributed by atoms with Gasteiger partial charge in [-0.15, -0.1) is 0 Å². The Balaban J connectivity index is 1.82. The molecule has 1 aromatic heterocycles. The molecule has 1 aliphatic heterocycles. The number of benzene rings is 1. The van der Waals surface area contributed by atoms with Gasteiger partial charge in [-0.25, -0.2) is 0 Å². The zero-order chi connectivity index (χ0) is 11.7. The summed E-state index contributed by atoms with van der Waals surface area (Å²) >= 11 is 0. The van der Waals surface area contributed by atoms with Gasteiger partial charge in [0.15, 0.2) is 0 Å². The third-order valence-corrected chi connectivity index (χ3v) is 3.33. The van der Waals surface area contributed by atoms with Crippen LogP contribution in [0.1, 0.15) is 12.8 Å². The Morgan fingerprint density at radius 2 is 2.06 bits per heavy atom. The second-order valence-electron chi connectivity index (χ2n) is 4.58. The van der Waals surface area contributed by atoms with E-state index in [2.05, 4.69) is 42.1 Å². The lowest BCUT2D eigenvalue weighted by atomic mass is 10.1. The van der Waals surface area contributed by atoms with E-state index in [4.69, 9.17) is 9.47 Å². The quantitative estimate of drug-likeness (QED) is 0.793. The normalized spacial score (nSPS) is 17.5. The van der Waals surface area contributed by atoms with E-state index in [-0.39, 0.29) is 0 Å². The smallest absolute Gasteiger partial charge is 0.121 e. The average Bonchev–Trinajstić information content (AvgIpc) is 2.73. The van der Waals surface area contributed by atoms with Crippen molar-refractivity contribution in [1.29, 1.82) is 0 Å². The van der Waals surface area contributed by atoms with Gasteiger partial charge in [-0.1, -0.05) is 0 Å². The van der Waals surface area contributed by atoms with E-state index in [0.717, 1.165) is 31.8 Å². The van der Waals surface area contributed by atoms with Gasteiger partial charge in [0.05, 0.1) is 18.7 Å². The van der Waals surface area contributed by atoms with Crippen LogP contribution in [0.4, 0.5) is 0 Å². The summed E-state index contributed by atoms with van der Waals surface area (Å²) < 4.78 is 13.4. The first-order valence-corrected chi connectivity index (χ1v) is 6.12. The van der Waals surface area contributed by atoms with Gasteiger partial charge in [-0.05, 0) is 23.6 Å². The first-order chi connectivity index (χ1) is 8.33. The molecule has 3 rings (SSSR count). The van der Waals surface area contributed by atoms with E-state index >= 15 is 0 Å². The zero-order valence-electron chi connectivity index (χ0n) is 10.1. The highest BCUT2D eigenvalue weighted by Gasteiger charge is 2.15. The van der Waals surface area contributed by atoms with Gasteiger partial charge >= 0.3 is 0 Å². The van der Waals surface area contributed by atoms with Crippen LogP contribution in [0.25, 0.3) is 10.9 Å². The Morgan fingerprint density at radius 3 is 2.88 bits per heavy atom. The Hall–Kier alpha value is -1.48. The van der Waals surface area contributed by atoms with E-state index in [1.165, 1.54) is 10.9 Å². The Labute approximate surface area is 101 Å². The number of hydrogen-bond acceptors (Lipinski definition) is 2. The third kappa shape index (κ3) is 2.15. The van der Waals surface area contributed by atoms with Crippen LogP contribution in [0.15, 0.2) is 30.5 Å². The van der Waals surface area contributed by atoms with Crippen molar-refractivity contribution in [3.05, 3.63) is 30.5 Å². The SMILES string of the molecule is Cn1ccc2ccc(OC3CCOCC3)cc21. The monoisotopic (exact) mass is 231 g/mol. The minimum absolute atomic E-state index is 0.307. The summed E-state index contributed by atoms with van der Waals surface area (Å²) in [6.07, 6.45) is 4.36. The molecule has 0 radical (unpaired) electrons. The summed E-state index contributed by atoms with van der Waals surface area (Å²) in [4.78, 5) is 0. The molecule has 3 nitrogen and oxygen atoms in total. The molecular weight excluding hydrogens is 214 g/mol. The molecule has 0 N–H and O–H groups in total. The van der Waals surface area contributed by atoms with E-state index in [1.54, 1.807) is 0 Å². The molecule has 2 aromatic rings. The van der Waals surface area contributed by atoms with Crippen LogP contribution in [0.2, 0.25) is 0 Å². The van der Waals surface area contributed by atoms with Crippen molar-refractivity contribution in [2.45, 2.75) is 18.9 Å². The first-order valence-electron chi connectivity index (χ1n) is 6.12. The minimum Gasteiger partial charge on any atom is -0.490 e. The van der Waals surface area contributed by atoms with Gasteiger partial charge in [0, 0.05) is 32.2 Å². The van der Waals surface area contributed by atoms with Crippen molar-refractivity contribution < 1.29 is 9.47 Å². The number of nitrogens with zero attached hydrogens (tertiary/aromatic N) is 1. The lowest BCUT2D eigenvalue weighted by Gasteiger charge is -2.23. The third-order valence-electron chi connectivity index (χ3n) is 3.33. The fraction of sp³-hybridized carbons (Fsp3) is 0.429. The van der Waals surface area contributed by atoms with Crippen LogP contribution in [-0.4, -0.2) is 23.9 Å². The largest absolute Gasteiger partial charge is 0.490 e. The number of rotatable bonds is 2. The lowest BCUT2D eigenvalue weighted by Crippen LogP contribution is -2.25. The Bertz CT molecular complexity index is 512. The number of hydrogen-bond donors (Lipinski definition) is 0. The zero-order valence-corrected chi connectivity index (χ0v) is 10.1. The van der Waals surface area contributed by atoms with Crippen LogP contribution in [0, 0.1) is 0 Å². The van der Waals surface area contributed by atoms with Gasteiger partial charge < -0.3 is 14.0 Å². The topological polar surface area (TPSA) is 23.4 Å². The molecular formula is C14H17NO2. The minimum atomic E-state index is 0.307. The summed E-state index contributed by atoms with van der Waals surface area (Å²) in [5.41, 5.74) is 1.22. The highest BCUT2D eigenvalue weighted by atomic mass is 16.5. The average molecular weight is 231 g/mol. The molecule has 0 unspecified atom stereocenters. The van der Waals surface area contributed by atoms with Crippen LogP contribution in [0.5, 0.6) is 5.75 Å². The van der Waals surface area contributed by atoms with Gasteiger partial charge in [-0.3, -0.25) is 0 Å². The highest BCUT2D eigenvalue weighted by molar-refractivity contribution is 5.81. The molecule has 90 valence electrons. The van der Waals surface area contributed by atoms with Crippen molar-refractivity contribution >= 4 is 10.9 Å². The van der Waals surface area contributed by atoms with E-state index in [1.807, 2.05) is 0 Å². The van der Waals surface area contributed by atoms with E-state index in [0.29, 0.717) is 6.10 Å². The maximum Gasteiger partial charge on any atom is 0.121 e. The van der Waals surface area contributed by atoms with Crippen molar-refractivity contribution in [2.75, 3.05) is 13.2 Å². The van der Waals surface area contributed by atoms with E-state index < -0.39 is 0 Å². The number of fused-ring (bicyclic) bond motifs is 1. The van der Waals surface area contributed by atoms with Gasteiger partial charge in [-0.2, -0.15) is 0 Å². The molecule has 0 saturated carbocycles. The first kappa shape index (κ1) is 10.7. The number of aromatic nitrogens is 1. The fourth-order valence-corrected chi connectivity index (χ4v) is 2.30. The van der Waals surface area contributed by atoms with Crippen molar-refractivity contribution in [3.63, 3.8) is 0 Å². The summed E-state index contributed by atoms with van der Waals surface area (Å²) in [5.74, 6) is 0.964. The van der Waals surface area contributed by atoms with Crippen molar-refractivity contribution in [3.8, 4) is 5.75 Å². The summed E-state index contributed by atoms with van der Waals surface area (Å²) in [6, 6.07) is 8.40. The highest BCUT2D eigenvalue weighted by Crippen LogP contribution is 2.23. The van der Waals surface area contributed by atoms with Crippen molar-refractivity contribution in [2.24, 2.45) is 7.05 Å². The molecule has 17 heavy (non-hydrogen) atoms. The summed E-state index contributed by atoms with van der Waals surface area (Å²) in [7, 11) is 2.06. The molecule has 0 aliphatic carbocycles. The molecule has 0 amide bonds. The fourth-order valence-electron chi connectivity index (χ4n) is 2.30. The number of ether oxygens (including phenoxy) is 2. The molecule has 1 saturated heterocycles. The number of aryl methyl sites for hydroxylation is 1. The van der Waals surface area contributed by atoms with Gasteiger partial charge in [0.2, 0.25) is 0 Å². The van der Waals surface area contributed by atoms with Gasteiger partial charge in [0.1, 0.15) is 11.9 Å². The standard InChI is InChI=1S/C14H17NO2/c1-15-7-4-11-2-3-13(10-14(11)15)17-12-5-8-16-9-6-12/h2-4,7,10,12H,5-6,8-9H2,1H3. The second kappa shape index (κ2) is 4.41. The van der Waals surface area contributed by atoms with Crippen molar-refractivity contribution in [1.82, 2.24) is 4.57 Å².